The van der Waals surface area contributed by atoms with Gasteiger partial charge in [-0.25, -0.2) is 0 Å². The van der Waals surface area contributed by atoms with Gasteiger partial charge in [0.05, 0.1) is 12.7 Å². The van der Waals surface area contributed by atoms with Crippen molar-refractivity contribution in [3.8, 4) is 0 Å². The first kappa shape index (κ1) is 9.88. The van der Waals surface area contributed by atoms with Gasteiger partial charge in [-0.05, 0) is 6.92 Å². The van der Waals surface area contributed by atoms with E-state index in [0.29, 0.717) is 0 Å². The fraction of sp³-hybridized carbons (Fsp3) is 1.00. The average molecular weight is 178 g/mol. The Kier molecular flexibility index (Phi) is 3.03. The Morgan fingerprint density at radius 2 is 1.67 bits per heavy atom. The van der Waals surface area contributed by atoms with E-state index in [1.54, 1.807) is 6.92 Å². The van der Waals surface area contributed by atoms with Gasteiger partial charge in [-0.3, -0.25) is 0 Å². The van der Waals surface area contributed by atoms with Crippen molar-refractivity contribution in [2.24, 2.45) is 0 Å². The summed E-state index contributed by atoms with van der Waals surface area (Å²) in [5.41, 5.74) is 0. The lowest BCUT2D eigenvalue weighted by atomic mass is 9.96. The first-order valence-electron chi connectivity index (χ1n) is 3.88. The van der Waals surface area contributed by atoms with Crippen LogP contribution in [0, 0.1) is 0 Å². The minimum atomic E-state index is -1.24. The standard InChI is InChI=1S/C7H14O5/c1-3-5(9)7(11)6(10)4(2-8)12-3/h3-11H,2H2,1H3/t3-,4+,5?,6+,7?/m1/s1. The molecule has 4 N–H and O–H groups in total. The first-order chi connectivity index (χ1) is 5.57. The third-order valence-corrected chi connectivity index (χ3v) is 2.13. The molecule has 5 nitrogen and oxygen atoms in total. The lowest BCUT2D eigenvalue weighted by Gasteiger charge is -2.38. The molecule has 0 aliphatic carbocycles. The fourth-order valence-electron chi connectivity index (χ4n) is 1.29. The van der Waals surface area contributed by atoms with Crippen molar-refractivity contribution >= 4 is 0 Å². The Labute approximate surface area is 70.2 Å². The summed E-state index contributed by atoms with van der Waals surface area (Å²) in [6.07, 6.45) is -4.94. The highest BCUT2D eigenvalue weighted by molar-refractivity contribution is 4.89. The van der Waals surface area contributed by atoms with E-state index in [2.05, 4.69) is 0 Å². The van der Waals surface area contributed by atoms with Crippen LogP contribution in [0.15, 0.2) is 0 Å². The normalized spacial score (nSPS) is 49.2. The Morgan fingerprint density at radius 1 is 1.08 bits per heavy atom. The molecule has 1 heterocycles. The van der Waals surface area contributed by atoms with Gasteiger partial charge in [0.2, 0.25) is 0 Å². The van der Waals surface area contributed by atoms with Gasteiger partial charge in [-0.1, -0.05) is 0 Å². The van der Waals surface area contributed by atoms with Gasteiger partial charge in [0.1, 0.15) is 24.4 Å². The molecule has 0 aromatic rings. The van der Waals surface area contributed by atoms with Crippen LogP contribution < -0.4 is 0 Å². The van der Waals surface area contributed by atoms with E-state index in [4.69, 9.17) is 9.84 Å². The third kappa shape index (κ3) is 1.60. The Morgan fingerprint density at radius 3 is 2.17 bits per heavy atom. The topological polar surface area (TPSA) is 90.2 Å². The Balaban J connectivity index is 2.63. The molecule has 0 aromatic carbocycles. The maximum absolute atomic E-state index is 9.23. The van der Waals surface area contributed by atoms with Crippen LogP contribution in [0.4, 0.5) is 0 Å². The molecule has 1 aliphatic heterocycles. The highest BCUT2D eigenvalue weighted by Crippen LogP contribution is 2.20. The van der Waals surface area contributed by atoms with E-state index < -0.39 is 30.5 Å². The monoisotopic (exact) mass is 178 g/mol. The van der Waals surface area contributed by atoms with Crippen molar-refractivity contribution in [2.45, 2.75) is 37.4 Å². The van der Waals surface area contributed by atoms with Gasteiger partial charge in [0, 0.05) is 0 Å². The highest BCUT2D eigenvalue weighted by Gasteiger charge is 2.41. The number of aliphatic hydroxyl groups is 4. The fourth-order valence-corrected chi connectivity index (χ4v) is 1.29. The van der Waals surface area contributed by atoms with Crippen molar-refractivity contribution in [1.82, 2.24) is 0 Å². The molecule has 0 radical (unpaired) electrons. The molecule has 12 heavy (non-hydrogen) atoms. The summed E-state index contributed by atoms with van der Waals surface area (Å²) in [6, 6.07) is 0. The maximum Gasteiger partial charge on any atom is 0.111 e. The van der Waals surface area contributed by atoms with E-state index in [1.165, 1.54) is 0 Å². The van der Waals surface area contributed by atoms with Gasteiger partial charge < -0.3 is 25.2 Å². The lowest BCUT2D eigenvalue weighted by molar-refractivity contribution is -0.224. The molecular weight excluding hydrogens is 164 g/mol. The number of ether oxygens (including phenoxy) is 1. The molecule has 1 fully saturated rings. The summed E-state index contributed by atoms with van der Waals surface area (Å²) < 4.78 is 5.02. The summed E-state index contributed by atoms with van der Waals surface area (Å²) in [5, 5.41) is 36.4. The summed E-state index contributed by atoms with van der Waals surface area (Å²) in [7, 11) is 0. The predicted octanol–water partition coefficient (Wildman–Crippen LogP) is -2.15. The van der Waals surface area contributed by atoms with Gasteiger partial charge in [0.15, 0.2) is 0 Å². The quantitative estimate of drug-likeness (QED) is 0.367. The SMILES string of the molecule is C[C@H]1O[C@@H](CO)[C@H](O)C(O)C1O. The molecule has 0 aromatic heterocycles. The molecule has 0 saturated carbocycles. The van der Waals surface area contributed by atoms with E-state index in [1.807, 2.05) is 0 Å². The average Bonchev–Trinajstić information content (AvgIpc) is 2.08. The Bertz CT molecular complexity index is 146. The molecule has 0 amide bonds. The maximum atomic E-state index is 9.23. The Hall–Kier alpha value is -0.200. The molecule has 1 saturated heterocycles. The first-order valence-corrected chi connectivity index (χ1v) is 3.88. The molecule has 1 rings (SSSR count). The second kappa shape index (κ2) is 3.68. The molecular formula is C7H14O5. The molecule has 1 aliphatic rings. The van der Waals surface area contributed by atoms with Crippen molar-refractivity contribution in [2.75, 3.05) is 6.61 Å². The summed E-state index contributed by atoms with van der Waals surface area (Å²) in [5.74, 6) is 0. The van der Waals surface area contributed by atoms with Crippen LogP contribution in [0.5, 0.6) is 0 Å². The van der Waals surface area contributed by atoms with Crippen molar-refractivity contribution in [3.63, 3.8) is 0 Å². The molecule has 2 unspecified atom stereocenters. The molecule has 0 bridgehead atoms. The zero-order valence-electron chi connectivity index (χ0n) is 6.79. The minimum absolute atomic E-state index is 0.366. The van der Waals surface area contributed by atoms with Crippen molar-refractivity contribution < 1.29 is 25.2 Å². The number of rotatable bonds is 1. The van der Waals surface area contributed by atoms with Gasteiger partial charge in [-0.15, -0.1) is 0 Å². The zero-order chi connectivity index (χ0) is 9.30. The summed E-state index contributed by atoms with van der Waals surface area (Å²) in [6.45, 7) is 1.21. The molecule has 5 atom stereocenters. The third-order valence-electron chi connectivity index (χ3n) is 2.13. The van der Waals surface area contributed by atoms with Crippen LogP contribution in [0.3, 0.4) is 0 Å². The van der Waals surface area contributed by atoms with Crippen molar-refractivity contribution in [3.05, 3.63) is 0 Å². The van der Waals surface area contributed by atoms with Crippen LogP contribution in [-0.2, 0) is 4.74 Å². The minimum Gasteiger partial charge on any atom is -0.394 e. The van der Waals surface area contributed by atoms with E-state index in [0.717, 1.165) is 0 Å². The number of hydrogen-bond acceptors (Lipinski definition) is 5. The lowest BCUT2D eigenvalue weighted by Crippen LogP contribution is -2.57. The summed E-state index contributed by atoms with van der Waals surface area (Å²) in [4.78, 5) is 0. The van der Waals surface area contributed by atoms with E-state index in [9.17, 15) is 15.3 Å². The van der Waals surface area contributed by atoms with Crippen LogP contribution in [0.1, 0.15) is 6.92 Å². The van der Waals surface area contributed by atoms with Crippen LogP contribution in [-0.4, -0.2) is 57.6 Å². The van der Waals surface area contributed by atoms with Gasteiger partial charge in [-0.2, -0.15) is 0 Å². The van der Waals surface area contributed by atoms with Gasteiger partial charge >= 0.3 is 0 Å². The van der Waals surface area contributed by atoms with E-state index >= 15 is 0 Å². The number of aliphatic hydroxyl groups excluding tert-OH is 4. The smallest absolute Gasteiger partial charge is 0.111 e. The second-order valence-corrected chi connectivity index (χ2v) is 3.03. The highest BCUT2D eigenvalue weighted by atomic mass is 16.5. The molecule has 5 heteroatoms. The largest absolute Gasteiger partial charge is 0.394 e. The zero-order valence-corrected chi connectivity index (χ0v) is 6.79. The van der Waals surface area contributed by atoms with Crippen LogP contribution in [0.2, 0.25) is 0 Å². The number of hydrogen-bond donors (Lipinski definition) is 4. The summed E-state index contributed by atoms with van der Waals surface area (Å²) >= 11 is 0. The molecule has 0 spiro atoms. The van der Waals surface area contributed by atoms with Crippen molar-refractivity contribution in [1.29, 1.82) is 0 Å². The van der Waals surface area contributed by atoms with Gasteiger partial charge in [0.25, 0.3) is 0 Å². The van der Waals surface area contributed by atoms with E-state index in [-0.39, 0.29) is 6.61 Å². The predicted molar refractivity (Wildman–Crippen MR) is 39.4 cm³/mol. The van der Waals surface area contributed by atoms with Crippen LogP contribution >= 0.6 is 0 Å². The second-order valence-electron chi connectivity index (χ2n) is 3.03. The van der Waals surface area contributed by atoms with Crippen LogP contribution in [0.25, 0.3) is 0 Å². The molecule has 72 valence electrons.